The minimum atomic E-state index is -0.236. The Morgan fingerprint density at radius 2 is 1.93 bits per heavy atom. The lowest BCUT2D eigenvalue weighted by atomic mass is 9.96. The molecular weight excluding hydrogens is 354 g/mol. The average molecular weight is 388 g/mol. The first-order valence-corrected chi connectivity index (χ1v) is 10.7. The van der Waals surface area contributed by atoms with Gasteiger partial charge in [0.15, 0.2) is 0 Å². The molecule has 1 aromatic rings. The van der Waals surface area contributed by atoms with Gasteiger partial charge in [-0.3, -0.25) is 9.78 Å². The van der Waals surface area contributed by atoms with Crippen LogP contribution in [0.2, 0.25) is 0 Å². The summed E-state index contributed by atoms with van der Waals surface area (Å²) in [6, 6.07) is 5.94. The summed E-state index contributed by atoms with van der Waals surface area (Å²) < 4.78 is 0. The van der Waals surface area contributed by atoms with Gasteiger partial charge in [0.2, 0.25) is 5.91 Å². The highest BCUT2D eigenvalue weighted by Gasteiger charge is 2.25. The van der Waals surface area contributed by atoms with Crippen LogP contribution in [0.1, 0.15) is 57.1 Å². The molecule has 1 saturated heterocycles. The summed E-state index contributed by atoms with van der Waals surface area (Å²) in [7, 11) is 0. The van der Waals surface area contributed by atoms with Gasteiger partial charge in [0.25, 0.3) is 0 Å². The average Bonchev–Trinajstić information content (AvgIpc) is 3.01. The molecule has 2 heterocycles. The van der Waals surface area contributed by atoms with Crippen molar-refractivity contribution in [2.24, 2.45) is 0 Å². The third-order valence-corrected chi connectivity index (χ3v) is 5.71. The second kappa shape index (κ2) is 11.0. The van der Waals surface area contributed by atoms with Crippen LogP contribution in [0, 0.1) is 0 Å². The summed E-state index contributed by atoms with van der Waals surface area (Å²) >= 11 is 0. The molecule has 0 aromatic carbocycles. The van der Waals surface area contributed by atoms with Gasteiger partial charge < -0.3 is 20.9 Å². The number of carbonyl (C=O) groups excluding carboxylic acids is 2. The van der Waals surface area contributed by atoms with Crippen LogP contribution in [0.15, 0.2) is 24.4 Å². The van der Waals surface area contributed by atoms with E-state index < -0.39 is 0 Å². The molecule has 7 heteroatoms. The quantitative estimate of drug-likeness (QED) is 0.698. The number of aromatic nitrogens is 1. The number of nitrogens with zero attached hydrogens (tertiary/aromatic N) is 2. The topological polar surface area (TPSA) is 86.4 Å². The summed E-state index contributed by atoms with van der Waals surface area (Å²) in [5.74, 6) is -0.0450. The molecule has 1 aliphatic carbocycles. The van der Waals surface area contributed by atoms with E-state index in [1.165, 1.54) is 6.42 Å². The number of amides is 3. The van der Waals surface area contributed by atoms with Crippen LogP contribution < -0.4 is 16.0 Å². The number of hydrogen-bond acceptors (Lipinski definition) is 4. The van der Waals surface area contributed by atoms with E-state index in [1.807, 2.05) is 23.1 Å². The van der Waals surface area contributed by atoms with E-state index in [4.69, 9.17) is 0 Å². The Morgan fingerprint density at radius 1 is 1.07 bits per heavy atom. The van der Waals surface area contributed by atoms with Gasteiger partial charge in [0.1, 0.15) is 0 Å². The minimum Gasteiger partial charge on any atom is -0.335 e. The zero-order valence-electron chi connectivity index (χ0n) is 16.7. The lowest BCUT2D eigenvalue weighted by Gasteiger charge is -2.31. The summed E-state index contributed by atoms with van der Waals surface area (Å²) in [5, 5.41) is 9.18. The molecule has 1 saturated carbocycles. The molecular formula is C21H33N5O2. The number of hydrogen-bond donors (Lipinski definition) is 3. The van der Waals surface area contributed by atoms with Gasteiger partial charge in [0.05, 0.1) is 18.8 Å². The standard InChI is InChI=1S/C21H33N5O2/c27-20(15-24-21(28)25-17-7-2-1-3-8-17)26(16-18-9-4-5-13-23-18)19-10-6-12-22-14-11-19/h4-5,9,13,17,19,22H,1-3,6-8,10-12,14-16H2,(H2,24,25,28). The molecule has 3 rings (SSSR count). The van der Waals surface area contributed by atoms with Gasteiger partial charge in [-0.25, -0.2) is 4.79 Å². The number of pyridine rings is 1. The van der Waals surface area contributed by atoms with Gasteiger partial charge in [0, 0.05) is 18.3 Å². The second-order valence-electron chi connectivity index (χ2n) is 7.84. The maximum Gasteiger partial charge on any atom is 0.315 e. The maximum absolute atomic E-state index is 13.0. The Balaban J connectivity index is 1.56. The number of rotatable bonds is 6. The van der Waals surface area contributed by atoms with Crippen molar-refractivity contribution in [3.63, 3.8) is 0 Å². The maximum atomic E-state index is 13.0. The van der Waals surface area contributed by atoms with Crippen molar-refractivity contribution in [1.29, 1.82) is 0 Å². The van der Waals surface area contributed by atoms with Crippen molar-refractivity contribution in [2.75, 3.05) is 19.6 Å². The van der Waals surface area contributed by atoms with E-state index in [0.29, 0.717) is 6.54 Å². The van der Waals surface area contributed by atoms with Gasteiger partial charge in [-0.2, -0.15) is 0 Å². The van der Waals surface area contributed by atoms with Crippen molar-refractivity contribution < 1.29 is 9.59 Å². The fourth-order valence-corrected chi connectivity index (χ4v) is 4.14. The highest BCUT2D eigenvalue weighted by molar-refractivity contribution is 5.84. The predicted octanol–water partition coefficient (Wildman–Crippen LogP) is 2.18. The molecule has 28 heavy (non-hydrogen) atoms. The third-order valence-electron chi connectivity index (χ3n) is 5.71. The van der Waals surface area contributed by atoms with Gasteiger partial charge in [-0.15, -0.1) is 0 Å². The largest absolute Gasteiger partial charge is 0.335 e. The zero-order valence-corrected chi connectivity index (χ0v) is 16.7. The Labute approximate surface area is 167 Å². The molecule has 3 N–H and O–H groups in total. The Bertz CT molecular complexity index is 610. The van der Waals surface area contributed by atoms with Crippen LogP contribution in [0.25, 0.3) is 0 Å². The van der Waals surface area contributed by atoms with E-state index >= 15 is 0 Å². The molecule has 2 fully saturated rings. The molecule has 0 spiro atoms. The molecule has 1 unspecified atom stereocenters. The van der Waals surface area contributed by atoms with Crippen LogP contribution >= 0.6 is 0 Å². The molecule has 3 amide bonds. The smallest absolute Gasteiger partial charge is 0.315 e. The van der Waals surface area contributed by atoms with Crippen LogP contribution in [-0.4, -0.2) is 53.5 Å². The third kappa shape index (κ3) is 6.48. The second-order valence-corrected chi connectivity index (χ2v) is 7.84. The first-order valence-electron chi connectivity index (χ1n) is 10.7. The first kappa shape index (κ1) is 20.6. The Morgan fingerprint density at radius 3 is 2.71 bits per heavy atom. The summed E-state index contributed by atoms with van der Waals surface area (Å²) in [6.45, 7) is 2.40. The van der Waals surface area contributed by atoms with Gasteiger partial charge >= 0.3 is 6.03 Å². The fraction of sp³-hybridized carbons (Fsp3) is 0.667. The first-order chi connectivity index (χ1) is 13.7. The fourth-order valence-electron chi connectivity index (χ4n) is 4.14. The summed E-state index contributed by atoms with van der Waals surface area (Å²) in [4.78, 5) is 31.5. The van der Waals surface area contributed by atoms with E-state index in [-0.39, 0.29) is 30.6 Å². The summed E-state index contributed by atoms with van der Waals surface area (Å²) in [5.41, 5.74) is 0.875. The van der Waals surface area contributed by atoms with E-state index in [9.17, 15) is 9.59 Å². The molecule has 7 nitrogen and oxygen atoms in total. The normalized spacial score (nSPS) is 20.8. The molecule has 1 aliphatic heterocycles. The molecule has 0 radical (unpaired) electrons. The Hall–Kier alpha value is -2.15. The highest BCUT2D eigenvalue weighted by atomic mass is 16.2. The van der Waals surface area contributed by atoms with Crippen LogP contribution in [0.5, 0.6) is 0 Å². The predicted molar refractivity (Wildman–Crippen MR) is 109 cm³/mol. The molecule has 1 atom stereocenters. The number of carbonyl (C=O) groups is 2. The molecule has 2 aliphatic rings. The van der Waals surface area contributed by atoms with Crippen molar-refractivity contribution in [1.82, 2.24) is 25.8 Å². The molecule has 154 valence electrons. The van der Waals surface area contributed by atoms with Crippen molar-refractivity contribution in [3.8, 4) is 0 Å². The van der Waals surface area contributed by atoms with Crippen LogP contribution in [-0.2, 0) is 11.3 Å². The SMILES string of the molecule is O=C(NCC(=O)N(Cc1ccccn1)C1CCCNCC1)NC1CCCCC1. The Kier molecular flexibility index (Phi) is 8.08. The van der Waals surface area contributed by atoms with Gasteiger partial charge in [-0.1, -0.05) is 25.3 Å². The lowest BCUT2D eigenvalue weighted by Crippen LogP contribution is -2.49. The van der Waals surface area contributed by atoms with Crippen molar-refractivity contribution >= 4 is 11.9 Å². The molecule has 0 bridgehead atoms. The van der Waals surface area contributed by atoms with Crippen LogP contribution in [0.4, 0.5) is 4.79 Å². The monoisotopic (exact) mass is 387 g/mol. The minimum absolute atomic E-state index is 0.0231. The number of nitrogens with one attached hydrogen (secondary N) is 3. The van der Waals surface area contributed by atoms with E-state index in [0.717, 1.165) is 63.7 Å². The zero-order chi connectivity index (χ0) is 19.6. The van der Waals surface area contributed by atoms with Crippen molar-refractivity contribution in [3.05, 3.63) is 30.1 Å². The molecule has 1 aromatic heterocycles. The van der Waals surface area contributed by atoms with Crippen LogP contribution in [0.3, 0.4) is 0 Å². The van der Waals surface area contributed by atoms with Gasteiger partial charge in [-0.05, 0) is 57.3 Å². The highest BCUT2D eigenvalue weighted by Crippen LogP contribution is 2.18. The van der Waals surface area contributed by atoms with E-state index in [1.54, 1.807) is 6.20 Å². The number of urea groups is 1. The lowest BCUT2D eigenvalue weighted by molar-refractivity contribution is -0.133. The summed E-state index contributed by atoms with van der Waals surface area (Å²) in [6.07, 6.45) is 10.3. The van der Waals surface area contributed by atoms with E-state index in [2.05, 4.69) is 20.9 Å². The van der Waals surface area contributed by atoms with Crippen molar-refractivity contribution in [2.45, 2.75) is 70.0 Å².